The molecule has 1 heterocycles. The first-order valence-corrected chi connectivity index (χ1v) is 5.69. The first-order valence-electron chi connectivity index (χ1n) is 4.71. The van der Waals surface area contributed by atoms with Gasteiger partial charge in [0.05, 0.1) is 0 Å². The lowest BCUT2D eigenvalue weighted by Gasteiger charge is -2.01. The Balaban J connectivity index is 2.05. The molecule has 0 amide bonds. The smallest absolute Gasteiger partial charge is 0.210 e. The molecule has 16 heavy (non-hydrogen) atoms. The third kappa shape index (κ3) is 2.33. The van der Waals surface area contributed by atoms with Gasteiger partial charge in [-0.3, -0.25) is 0 Å². The molecule has 0 aliphatic carbocycles. The molecule has 1 aromatic heterocycles. The van der Waals surface area contributed by atoms with Gasteiger partial charge in [-0.2, -0.15) is 0 Å². The highest BCUT2D eigenvalue weighted by atomic mass is 32.2. The molecule has 2 rings (SSSR count). The Morgan fingerprint density at radius 1 is 1.44 bits per heavy atom. The maximum atomic E-state index is 12.9. The highest BCUT2D eigenvalue weighted by Gasteiger charge is 2.06. The SMILES string of the molecule is Cc1nnc(SCc2cccc(F)c2)n1N. The van der Waals surface area contributed by atoms with Crippen molar-refractivity contribution < 1.29 is 4.39 Å². The minimum absolute atomic E-state index is 0.233. The lowest BCUT2D eigenvalue weighted by molar-refractivity contribution is 0.626. The number of hydrogen-bond donors (Lipinski definition) is 1. The standard InChI is InChI=1S/C10H11FN4S/c1-7-13-14-10(15(7)12)16-6-8-3-2-4-9(11)5-8/h2-5H,6,12H2,1H3. The van der Waals surface area contributed by atoms with Gasteiger partial charge in [0.15, 0.2) is 0 Å². The fourth-order valence-corrected chi connectivity index (χ4v) is 2.07. The monoisotopic (exact) mass is 238 g/mol. The molecule has 0 fully saturated rings. The minimum Gasteiger partial charge on any atom is -0.336 e. The normalized spacial score (nSPS) is 10.6. The molecule has 0 unspecified atom stereocenters. The first-order chi connectivity index (χ1) is 7.66. The molecule has 0 bridgehead atoms. The van der Waals surface area contributed by atoms with E-state index in [-0.39, 0.29) is 5.82 Å². The van der Waals surface area contributed by atoms with Gasteiger partial charge in [0.25, 0.3) is 0 Å². The first kappa shape index (κ1) is 10.9. The topological polar surface area (TPSA) is 56.7 Å². The van der Waals surface area contributed by atoms with Gasteiger partial charge in [0.2, 0.25) is 5.16 Å². The van der Waals surface area contributed by atoms with Crippen LogP contribution < -0.4 is 5.84 Å². The van der Waals surface area contributed by atoms with Crippen LogP contribution in [0.15, 0.2) is 29.4 Å². The summed E-state index contributed by atoms with van der Waals surface area (Å²) in [5, 5.41) is 8.38. The third-order valence-electron chi connectivity index (χ3n) is 2.09. The molecule has 6 heteroatoms. The molecule has 2 N–H and O–H groups in total. The molecular weight excluding hydrogens is 227 g/mol. The summed E-state index contributed by atoms with van der Waals surface area (Å²) in [6, 6.07) is 6.46. The van der Waals surface area contributed by atoms with Crippen LogP contribution >= 0.6 is 11.8 Å². The van der Waals surface area contributed by atoms with E-state index in [1.165, 1.54) is 28.6 Å². The third-order valence-corrected chi connectivity index (χ3v) is 3.11. The number of nitrogen functional groups attached to an aromatic ring is 1. The van der Waals surface area contributed by atoms with E-state index in [1.807, 2.05) is 6.07 Å². The van der Waals surface area contributed by atoms with Gasteiger partial charge in [0, 0.05) is 5.75 Å². The number of hydrogen-bond acceptors (Lipinski definition) is 4. The number of aryl methyl sites for hydroxylation is 1. The van der Waals surface area contributed by atoms with Crippen molar-refractivity contribution in [3.8, 4) is 0 Å². The summed E-state index contributed by atoms with van der Waals surface area (Å²) in [5.74, 6) is 6.73. The number of benzene rings is 1. The number of rotatable bonds is 3. The predicted molar refractivity (Wildman–Crippen MR) is 60.9 cm³/mol. The van der Waals surface area contributed by atoms with E-state index in [1.54, 1.807) is 13.0 Å². The van der Waals surface area contributed by atoms with E-state index < -0.39 is 0 Å². The van der Waals surface area contributed by atoms with Gasteiger partial charge in [-0.15, -0.1) is 10.2 Å². The van der Waals surface area contributed by atoms with Gasteiger partial charge < -0.3 is 5.84 Å². The van der Waals surface area contributed by atoms with Gasteiger partial charge >= 0.3 is 0 Å². The molecule has 4 nitrogen and oxygen atoms in total. The summed E-state index contributed by atoms with van der Waals surface area (Å²) in [6.45, 7) is 1.78. The van der Waals surface area contributed by atoms with Crippen LogP contribution in [0.3, 0.4) is 0 Å². The Labute approximate surface area is 96.6 Å². The Morgan fingerprint density at radius 3 is 2.88 bits per heavy atom. The number of nitrogens with zero attached hydrogens (tertiary/aromatic N) is 3. The van der Waals surface area contributed by atoms with Crippen molar-refractivity contribution in [2.75, 3.05) is 5.84 Å². The van der Waals surface area contributed by atoms with E-state index in [4.69, 9.17) is 5.84 Å². The van der Waals surface area contributed by atoms with Crippen molar-refractivity contribution in [3.63, 3.8) is 0 Å². The molecular formula is C10H11FN4S. The largest absolute Gasteiger partial charge is 0.336 e. The average molecular weight is 238 g/mol. The Kier molecular flexibility index (Phi) is 3.09. The van der Waals surface area contributed by atoms with Gasteiger partial charge in [-0.1, -0.05) is 23.9 Å². The van der Waals surface area contributed by atoms with Crippen molar-refractivity contribution in [2.45, 2.75) is 17.8 Å². The second-order valence-electron chi connectivity index (χ2n) is 3.32. The van der Waals surface area contributed by atoms with Gasteiger partial charge in [0.1, 0.15) is 11.6 Å². The van der Waals surface area contributed by atoms with E-state index in [0.717, 1.165) is 5.56 Å². The summed E-state index contributed by atoms with van der Waals surface area (Å²) in [6.07, 6.45) is 0. The lowest BCUT2D eigenvalue weighted by Crippen LogP contribution is -2.11. The zero-order chi connectivity index (χ0) is 11.5. The number of aromatic nitrogens is 3. The summed E-state index contributed by atoms with van der Waals surface area (Å²) in [7, 11) is 0. The van der Waals surface area contributed by atoms with Crippen LogP contribution in [-0.4, -0.2) is 14.9 Å². The van der Waals surface area contributed by atoms with E-state index in [2.05, 4.69) is 10.2 Å². The average Bonchev–Trinajstić information content (AvgIpc) is 2.57. The van der Waals surface area contributed by atoms with Crippen molar-refractivity contribution in [2.24, 2.45) is 0 Å². The molecule has 0 spiro atoms. The number of halogens is 1. The molecule has 0 saturated carbocycles. The maximum absolute atomic E-state index is 12.9. The number of thioether (sulfide) groups is 1. The molecule has 0 radical (unpaired) electrons. The van der Waals surface area contributed by atoms with Crippen LogP contribution in [-0.2, 0) is 5.75 Å². The second kappa shape index (κ2) is 4.52. The van der Waals surface area contributed by atoms with Crippen LogP contribution in [0.1, 0.15) is 11.4 Å². The van der Waals surface area contributed by atoms with Gasteiger partial charge in [-0.25, -0.2) is 9.07 Å². The highest BCUT2D eigenvalue weighted by Crippen LogP contribution is 2.20. The van der Waals surface area contributed by atoms with Crippen LogP contribution in [0.4, 0.5) is 4.39 Å². The van der Waals surface area contributed by atoms with Crippen LogP contribution in [0, 0.1) is 12.7 Å². The lowest BCUT2D eigenvalue weighted by atomic mass is 10.2. The van der Waals surface area contributed by atoms with Crippen molar-refractivity contribution in [3.05, 3.63) is 41.5 Å². The fraction of sp³-hybridized carbons (Fsp3) is 0.200. The molecule has 2 aromatic rings. The molecule has 0 atom stereocenters. The Bertz CT molecular complexity index is 497. The highest BCUT2D eigenvalue weighted by molar-refractivity contribution is 7.98. The minimum atomic E-state index is -0.233. The van der Waals surface area contributed by atoms with Crippen LogP contribution in [0.25, 0.3) is 0 Å². The van der Waals surface area contributed by atoms with Crippen LogP contribution in [0.2, 0.25) is 0 Å². The van der Waals surface area contributed by atoms with Gasteiger partial charge in [-0.05, 0) is 24.6 Å². The predicted octanol–water partition coefficient (Wildman–Crippen LogP) is 1.73. The van der Waals surface area contributed by atoms with Crippen molar-refractivity contribution in [1.82, 2.24) is 14.9 Å². The van der Waals surface area contributed by atoms with Crippen molar-refractivity contribution in [1.29, 1.82) is 0 Å². The Hall–Kier alpha value is -1.56. The molecule has 84 valence electrons. The van der Waals surface area contributed by atoms with E-state index >= 15 is 0 Å². The van der Waals surface area contributed by atoms with Crippen molar-refractivity contribution >= 4 is 11.8 Å². The second-order valence-corrected chi connectivity index (χ2v) is 4.26. The number of nitrogens with two attached hydrogens (primary N) is 1. The Morgan fingerprint density at radius 2 is 2.25 bits per heavy atom. The fourth-order valence-electron chi connectivity index (χ4n) is 1.22. The molecule has 1 aromatic carbocycles. The molecule has 0 aliphatic rings. The van der Waals surface area contributed by atoms with E-state index in [9.17, 15) is 4.39 Å². The quantitative estimate of drug-likeness (QED) is 0.653. The zero-order valence-electron chi connectivity index (χ0n) is 8.72. The van der Waals surface area contributed by atoms with Crippen LogP contribution in [0.5, 0.6) is 0 Å². The molecule has 0 aliphatic heterocycles. The molecule has 0 saturated heterocycles. The van der Waals surface area contributed by atoms with E-state index in [0.29, 0.717) is 16.7 Å². The zero-order valence-corrected chi connectivity index (χ0v) is 9.54. The summed E-state index contributed by atoms with van der Waals surface area (Å²) >= 11 is 1.43. The summed E-state index contributed by atoms with van der Waals surface area (Å²) < 4.78 is 14.3. The maximum Gasteiger partial charge on any atom is 0.210 e. The summed E-state index contributed by atoms with van der Waals surface area (Å²) in [5.41, 5.74) is 0.894. The summed E-state index contributed by atoms with van der Waals surface area (Å²) in [4.78, 5) is 0.